The minimum absolute atomic E-state index is 0.0373. The van der Waals surface area contributed by atoms with E-state index in [1.54, 1.807) is 31.2 Å². The number of carbonyl (C=O) groups excluding carboxylic acids is 2. The molecule has 86 valence electrons. The predicted octanol–water partition coefficient (Wildman–Crippen LogP) is 2.43. The Morgan fingerprint density at radius 3 is 2.50 bits per heavy atom. The van der Waals surface area contributed by atoms with Gasteiger partial charge in [-0.15, -0.1) is 11.6 Å². The van der Waals surface area contributed by atoms with E-state index in [0.29, 0.717) is 5.56 Å². The summed E-state index contributed by atoms with van der Waals surface area (Å²) in [5.74, 6) is -0.706. The normalized spacial score (nSPS) is 11.9. The number of halogens is 1. The minimum atomic E-state index is -0.910. The number of hydrogen-bond acceptors (Lipinski definition) is 3. The van der Waals surface area contributed by atoms with Crippen LogP contribution in [0.25, 0.3) is 0 Å². The van der Waals surface area contributed by atoms with E-state index in [0.717, 1.165) is 0 Å². The number of alkyl halides is 1. The van der Waals surface area contributed by atoms with Crippen LogP contribution in [-0.4, -0.2) is 23.7 Å². The first-order valence-electron chi connectivity index (χ1n) is 5.04. The maximum absolute atomic E-state index is 11.7. The fourth-order valence-corrected chi connectivity index (χ4v) is 1.42. The number of esters is 1. The molecule has 16 heavy (non-hydrogen) atoms. The van der Waals surface area contributed by atoms with Gasteiger partial charge < -0.3 is 4.74 Å². The van der Waals surface area contributed by atoms with Crippen LogP contribution >= 0.6 is 11.6 Å². The van der Waals surface area contributed by atoms with Crippen molar-refractivity contribution in [2.24, 2.45) is 0 Å². The van der Waals surface area contributed by atoms with Crippen molar-refractivity contribution in [3.05, 3.63) is 35.9 Å². The van der Waals surface area contributed by atoms with Gasteiger partial charge in [-0.1, -0.05) is 30.3 Å². The van der Waals surface area contributed by atoms with Crippen LogP contribution in [-0.2, 0) is 9.53 Å². The molecular weight excluding hydrogens is 228 g/mol. The van der Waals surface area contributed by atoms with E-state index in [9.17, 15) is 9.59 Å². The fourth-order valence-electron chi connectivity index (χ4n) is 1.22. The lowest BCUT2D eigenvalue weighted by atomic mass is 10.1. The highest BCUT2D eigenvalue weighted by Crippen LogP contribution is 2.11. The number of benzene rings is 1. The van der Waals surface area contributed by atoms with Crippen LogP contribution in [0, 0.1) is 0 Å². The van der Waals surface area contributed by atoms with Crippen molar-refractivity contribution in [2.45, 2.75) is 18.7 Å². The second-order valence-corrected chi connectivity index (χ2v) is 3.74. The predicted molar refractivity (Wildman–Crippen MR) is 61.7 cm³/mol. The summed E-state index contributed by atoms with van der Waals surface area (Å²) in [6.45, 7) is 1.96. The summed E-state index contributed by atoms with van der Waals surface area (Å²) in [5, 5.41) is -0.910. The lowest BCUT2D eigenvalue weighted by molar-refractivity contribution is -0.142. The lowest BCUT2D eigenvalue weighted by Gasteiger charge is -2.07. The van der Waals surface area contributed by atoms with Crippen molar-refractivity contribution in [1.82, 2.24) is 0 Å². The van der Waals surface area contributed by atoms with E-state index in [1.165, 1.54) is 0 Å². The van der Waals surface area contributed by atoms with E-state index in [1.807, 2.05) is 6.07 Å². The van der Waals surface area contributed by atoms with Gasteiger partial charge in [0.1, 0.15) is 5.38 Å². The van der Waals surface area contributed by atoms with Crippen molar-refractivity contribution < 1.29 is 14.3 Å². The Bertz CT molecular complexity index is 362. The molecule has 0 aliphatic heterocycles. The summed E-state index contributed by atoms with van der Waals surface area (Å²) in [6, 6.07) is 8.73. The quantitative estimate of drug-likeness (QED) is 0.451. The fraction of sp³-hybridized carbons (Fsp3) is 0.333. The van der Waals surface area contributed by atoms with Gasteiger partial charge in [0.15, 0.2) is 5.78 Å². The molecule has 3 nitrogen and oxygen atoms in total. The van der Waals surface area contributed by atoms with Gasteiger partial charge in [0.05, 0.1) is 6.61 Å². The Morgan fingerprint density at radius 2 is 1.94 bits per heavy atom. The first-order chi connectivity index (χ1) is 7.65. The highest BCUT2D eigenvalue weighted by molar-refractivity contribution is 6.31. The SMILES string of the molecule is CCOC(=O)C(Cl)CC(=O)c1ccccc1. The van der Waals surface area contributed by atoms with Gasteiger partial charge in [0.25, 0.3) is 0 Å². The molecule has 0 spiro atoms. The van der Waals surface area contributed by atoms with E-state index in [2.05, 4.69) is 0 Å². The average Bonchev–Trinajstić information content (AvgIpc) is 2.30. The van der Waals surface area contributed by atoms with E-state index >= 15 is 0 Å². The first kappa shape index (κ1) is 12.7. The van der Waals surface area contributed by atoms with E-state index < -0.39 is 11.3 Å². The van der Waals surface area contributed by atoms with Crippen LogP contribution in [0.3, 0.4) is 0 Å². The molecule has 0 heterocycles. The standard InChI is InChI=1S/C12H13ClO3/c1-2-16-12(15)10(13)8-11(14)9-6-4-3-5-7-9/h3-7,10H,2,8H2,1H3. The number of rotatable bonds is 5. The van der Waals surface area contributed by atoms with E-state index in [-0.39, 0.29) is 18.8 Å². The minimum Gasteiger partial charge on any atom is -0.465 e. The topological polar surface area (TPSA) is 43.4 Å². The van der Waals surface area contributed by atoms with Crippen LogP contribution in [0.5, 0.6) is 0 Å². The van der Waals surface area contributed by atoms with Crippen molar-refractivity contribution in [1.29, 1.82) is 0 Å². The maximum Gasteiger partial charge on any atom is 0.324 e. The molecule has 0 amide bonds. The molecular formula is C12H13ClO3. The van der Waals surface area contributed by atoms with Crippen LogP contribution in [0.2, 0.25) is 0 Å². The summed E-state index contributed by atoms with van der Waals surface area (Å²) in [5.41, 5.74) is 0.553. The third kappa shape index (κ3) is 3.66. The zero-order valence-corrected chi connectivity index (χ0v) is 9.74. The van der Waals surface area contributed by atoms with Crippen molar-refractivity contribution >= 4 is 23.4 Å². The molecule has 0 radical (unpaired) electrons. The Labute approximate surface area is 99.4 Å². The molecule has 4 heteroatoms. The molecule has 0 saturated heterocycles. The number of hydrogen-bond donors (Lipinski definition) is 0. The Morgan fingerprint density at radius 1 is 1.31 bits per heavy atom. The van der Waals surface area contributed by atoms with Gasteiger partial charge in [-0.25, -0.2) is 0 Å². The summed E-state index contributed by atoms with van der Waals surface area (Å²) >= 11 is 5.76. The van der Waals surface area contributed by atoms with Gasteiger partial charge in [-0.3, -0.25) is 9.59 Å². The molecule has 0 bridgehead atoms. The van der Waals surface area contributed by atoms with Gasteiger partial charge in [-0.05, 0) is 6.92 Å². The number of ether oxygens (including phenoxy) is 1. The van der Waals surface area contributed by atoms with Gasteiger partial charge in [0, 0.05) is 12.0 Å². The molecule has 1 aromatic carbocycles. The van der Waals surface area contributed by atoms with Crippen LogP contribution in [0.15, 0.2) is 30.3 Å². The number of carbonyl (C=O) groups is 2. The molecule has 0 fully saturated rings. The summed E-state index contributed by atoms with van der Waals surface area (Å²) < 4.78 is 4.72. The second-order valence-electron chi connectivity index (χ2n) is 3.21. The Balaban J connectivity index is 2.55. The van der Waals surface area contributed by atoms with Crippen molar-refractivity contribution in [2.75, 3.05) is 6.61 Å². The molecule has 1 unspecified atom stereocenters. The lowest BCUT2D eigenvalue weighted by Crippen LogP contribution is -2.21. The zero-order valence-electron chi connectivity index (χ0n) is 8.98. The molecule has 0 aliphatic carbocycles. The molecule has 0 aromatic heterocycles. The highest BCUT2D eigenvalue weighted by atomic mass is 35.5. The largest absolute Gasteiger partial charge is 0.465 e. The molecule has 1 aromatic rings. The molecule has 0 aliphatic rings. The molecule has 1 atom stereocenters. The first-order valence-corrected chi connectivity index (χ1v) is 5.47. The Hall–Kier alpha value is -1.35. The third-order valence-electron chi connectivity index (χ3n) is 2.00. The van der Waals surface area contributed by atoms with Gasteiger partial charge >= 0.3 is 5.97 Å². The van der Waals surface area contributed by atoms with Gasteiger partial charge in [0.2, 0.25) is 0 Å². The van der Waals surface area contributed by atoms with Crippen LogP contribution < -0.4 is 0 Å². The molecule has 0 N–H and O–H groups in total. The van der Waals surface area contributed by atoms with Crippen LogP contribution in [0.4, 0.5) is 0 Å². The highest BCUT2D eigenvalue weighted by Gasteiger charge is 2.20. The maximum atomic E-state index is 11.7. The summed E-state index contributed by atoms with van der Waals surface area (Å²) in [4.78, 5) is 22.9. The second kappa shape index (κ2) is 6.28. The monoisotopic (exact) mass is 240 g/mol. The summed E-state index contributed by atoms with van der Waals surface area (Å²) in [7, 11) is 0. The number of Topliss-reactive ketones (excluding diaryl/α,β-unsaturated/α-hetero) is 1. The summed E-state index contributed by atoms with van der Waals surface area (Å²) in [6.07, 6.45) is -0.0373. The van der Waals surface area contributed by atoms with Gasteiger partial charge in [-0.2, -0.15) is 0 Å². The third-order valence-corrected chi connectivity index (χ3v) is 2.34. The molecule has 1 rings (SSSR count). The zero-order chi connectivity index (χ0) is 12.0. The van der Waals surface area contributed by atoms with Crippen molar-refractivity contribution in [3.63, 3.8) is 0 Å². The Kier molecular flexibility index (Phi) is 4.99. The molecule has 0 saturated carbocycles. The van der Waals surface area contributed by atoms with Crippen molar-refractivity contribution in [3.8, 4) is 0 Å². The number of ketones is 1. The van der Waals surface area contributed by atoms with E-state index in [4.69, 9.17) is 16.3 Å². The smallest absolute Gasteiger partial charge is 0.324 e. The van der Waals surface area contributed by atoms with Crippen LogP contribution in [0.1, 0.15) is 23.7 Å². The average molecular weight is 241 g/mol.